The van der Waals surface area contributed by atoms with Crippen molar-refractivity contribution in [1.82, 2.24) is 9.88 Å². The molecule has 1 N–H and O–H groups in total. The van der Waals surface area contributed by atoms with Gasteiger partial charge in [-0.15, -0.1) is 0 Å². The highest BCUT2D eigenvalue weighted by Crippen LogP contribution is 2.27. The summed E-state index contributed by atoms with van der Waals surface area (Å²) in [5.74, 6) is -0.177. The Balaban J connectivity index is 1.74. The van der Waals surface area contributed by atoms with Crippen LogP contribution in [-0.4, -0.2) is 34.3 Å². The molecule has 1 fully saturated rings. The minimum atomic E-state index is -0.373. The van der Waals surface area contributed by atoms with Gasteiger partial charge in [0.25, 0.3) is 0 Å². The van der Waals surface area contributed by atoms with Crippen molar-refractivity contribution in [3.63, 3.8) is 0 Å². The predicted molar refractivity (Wildman–Crippen MR) is 87.8 cm³/mol. The molecule has 1 aliphatic rings. The minimum Gasteiger partial charge on any atom is -0.330 e. The lowest BCUT2D eigenvalue weighted by atomic mass is 10.1. The summed E-state index contributed by atoms with van der Waals surface area (Å²) in [4.78, 5) is 30.8. The monoisotopic (exact) mass is 317 g/mol. The van der Waals surface area contributed by atoms with Crippen molar-refractivity contribution >= 4 is 38.5 Å². The Hall–Kier alpha value is -1.95. The van der Waals surface area contributed by atoms with E-state index >= 15 is 0 Å². The number of nitrogens with one attached hydrogen (secondary N) is 1. The van der Waals surface area contributed by atoms with Crippen LogP contribution in [0.3, 0.4) is 0 Å². The first-order chi connectivity index (χ1) is 10.6. The van der Waals surface area contributed by atoms with E-state index in [0.717, 1.165) is 23.1 Å². The van der Waals surface area contributed by atoms with Gasteiger partial charge in [-0.1, -0.05) is 37.3 Å². The molecule has 6 heteroatoms. The van der Waals surface area contributed by atoms with E-state index in [9.17, 15) is 9.59 Å². The van der Waals surface area contributed by atoms with Gasteiger partial charge in [0.05, 0.1) is 10.2 Å². The first-order valence-electron chi connectivity index (χ1n) is 7.53. The lowest BCUT2D eigenvalue weighted by Gasteiger charge is -2.25. The number of hydrogen-bond donors (Lipinski definition) is 1. The van der Waals surface area contributed by atoms with Crippen LogP contribution in [0.4, 0.5) is 5.13 Å². The SMILES string of the molecule is CC(C)C(=O)N1CCCC1C(=O)Nc1nc2ccccc2s1. The summed E-state index contributed by atoms with van der Waals surface area (Å²) in [5.41, 5.74) is 0.879. The Morgan fingerprint density at radius 3 is 2.86 bits per heavy atom. The number of benzene rings is 1. The van der Waals surface area contributed by atoms with E-state index in [2.05, 4.69) is 10.3 Å². The molecule has 1 aromatic carbocycles. The van der Waals surface area contributed by atoms with Crippen LogP contribution in [0.15, 0.2) is 24.3 Å². The maximum Gasteiger partial charge on any atom is 0.248 e. The second-order valence-electron chi connectivity index (χ2n) is 5.82. The first kappa shape index (κ1) is 15.0. The summed E-state index contributed by atoms with van der Waals surface area (Å²) < 4.78 is 1.04. The van der Waals surface area contributed by atoms with E-state index in [-0.39, 0.29) is 23.8 Å². The second kappa shape index (κ2) is 6.04. The number of amides is 2. The van der Waals surface area contributed by atoms with E-state index in [1.165, 1.54) is 11.3 Å². The summed E-state index contributed by atoms with van der Waals surface area (Å²) >= 11 is 1.45. The van der Waals surface area contributed by atoms with Gasteiger partial charge in [0.1, 0.15) is 6.04 Å². The molecule has 1 aliphatic heterocycles. The lowest BCUT2D eigenvalue weighted by molar-refractivity contribution is -0.139. The smallest absolute Gasteiger partial charge is 0.248 e. The largest absolute Gasteiger partial charge is 0.330 e. The Kier molecular flexibility index (Phi) is 4.11. The molecule has 0 saturated carbocycles. The van der Waals surface area contributed by atoms with Gasteiger partial charge in [0.2, 0.25) is 11.8 Å². The molecule has 2 heterocycles. The number of carbonyl (C=O) groups excluding carboxylic acids is 2. The van der Waals surface area contributed by atoms with E-state index in [0.29, 0.717) is 11.7 Å². The van der Waals surface area contributed by atoms with Crippen LogP contribution in [0.5, 0.6) is 0 Å². The Labute approximate surface area is 133 Å². The van der Waals surface area contributed by atoms with Crippen LogP contribution in [0.2, 0.25) is 0 Å². The molecule has 1 atom stereocenters. The summed E-state index contributed by atoms with van der Waals surface area (Å²) in [6.07, 6.45) is 1.59. The molecule has 116 valence electrons. The van der Waals surface area contributed by atoms with Gasteiger partial charge in [-0.3, -0.25) is 9.59 Å². The number of hydrogen-bond acceptors (Lipinski definition) is 4. The van der Waals surface area contributed by atoms with Gasteiger partial charge in [0, 0.05) is 12.5 Å². The molecule has 0 bridgehead atoms. The van der Waals surface area contributed by atoms with Crippen LogP contribution >= 0.6 is 11.3 Å². The number of nitrogens with zero attached hydrogens (tertiary/aromatic N) is 2. The molecule has 0 aliphatic carbocycles. The normalized spacial score (nSPS) is 18.1. The van der Waals surface area contributed by atoms with Gasteiger partial charge in [-0.05, 0) is 25.0 Å². The Morgan fingerprint density at radius 1 is 1.36 bits per heavy atom. The van der Waals surface area contributed by atoms with E-state index < -0.39 is 0 Å². The molecular weight excluding hydrogens is 298 g/mol. The highest BCUT2D eigenvalue weighted by molar-refractivity contribution is 7.22. The standard InChI is InChI=1S/C16H19N3O2S/c1-10(2)15(21)19-9-5-7-12(19)14(20)18-16-17-11-6-3-4-8-13(11)22-16/h3-4,6,8,10,12H,5,7,9H2,1-2H3,(H,17,18,20). The zero-order valence-corrected chi connectivity index (χ0v) is 13.5. The Bertz CT molecular complexity index is 677. The molecule has 5 nitrogen and oxygen atoms in total. The number of fused-ring (bicyclic) bond motifs is 1. The lowest BCUT2D eigenvalue weighted by Crippen LogP contribution is -2.44. The van der Waals surface area contributed by atoms with Crippen molar-refractivity contribution in [2.24, 2.45) is 5.92 Å². The number of anilines is 1. The van der Waals surface area contributed by atoms with Crippen molar-refractivity contribution in [3.8, 4) is 0 Å². The average molecular weight is 317 g/mol. The first-order valence-corrected chi connectivity index (χ1v) is 8.35. The highest BCUT2D eigenvalue weighted by atomic mass is 32.1. The van der Waals surface area contributed by atoms with Crippen molar-refractivity contribution in [2.75, 3.05) is 11.9 Å². The number of thiazole rings is 1. The predicted octanol–water partition coefficient (Wildman–Crippen LogP) is 2.88. The Morgan fingerprint density at radius 2 is 2.14 bits per heavy atom. The molecule has 3 rings (SSSR count). The van der Waals surface area contributed by atoms with Crippen molar-refractivity contribution in [2.45, 2.75) is 32.7 Å². The van der Waals surface area contributed by atoms with Gasteiger partial charge < -0.3 is 10.2 Å². The number of para-hydroxylation sites is 1. The maximum atomic E-state index is 12.5. The second-order valence-corrected chi connectivity index (χ2v) is 6.85. The summed E-state index contributed by atoms with van der Waals surface area (Å²) in [6, 6.07) is 7.40. The molecule has 1 saturated heterocycles. The number of likely N-dealkylation sites (tertiary alicyclic amines) is 1. The van der Waals surface area contributed by atoms with Gasteiger partial charge >= 0.3 is 0 Å². The molecule has 1 aromatic heterocycles. The van der Waals surface area contributed by atoms with Crippen LogP contribution in [0, 0.1) is 5.92 Å². The zero-order valence-electron chi connectivity index (χ0n) is 12.7. The summed E-state index contributed by atoms with van der Waals surface area (Å²) in [6.45, 7) is 4.39. The van der Waals surface area contributed by atoms with Gasteiger partial charge in [0.15, 0.2) is 5.13 Å². The minimum absolute atomic E-state index is 0.0435. The molecule has 2 amide bonds. The van der Waals surface area contributed by atoms with Gasteiger partial charge in [-0.2, -0.15) is 0 Å². The fourth-order valence-corrected chi connectivity index (χ4v) is 3.62. The van der Waals surface area contributed by atoms with Crippen molar-refractivity contribution in [3.05, 3.63) is 24.3 Å². The fourth-order valence-electron chi connectivity index (χ4n) is 2.75. The molecule has 22 heavy (non-hydrogen) atoms. The molecule has 2 aromatic rings. The highest BCUT2D eigenvalue weighted by Gasteiger charge is 2.35. The molecule has 0 spiro atoms. The third-order valence-electron chi connectivity index (χ3n) is 3.86. The third kappa shape index (κ3) is 2.83. The zero-order chi connectivity index (χ0) is 15.7. The third-order valence-corrected chi connectivity index (χ3v) is 4.81. The maximum absolute atomic E-state index is 12.5. The van der Waals surface area contributed by atoms with E-state index in [1.54, 1.807) is 4.90 Å². The fraction of sp³-hybridized carbons (Fsp3) is 0.438. The van der Waals surface area contributed by atoms with Crippen LogP contribution in [0.25, 0.3) is 10.2 Å². The number of rotatable bonds is 3. The van der Waals surface area contributed by atoms with E-state index in [4.69, 9.17) is 0 Å². The molecule has 0 radical (unpaired) electrons. The van der Waals surface area contributed by atoms with Crippen LogP contribution < -0.4 is 5.32 Å². The molecular formula is C16H19N3O2S. The van der Waals surface area contributed by atoms with Crippen LogP contribution in [-0.2, 0) is 9.59 Å². The van der Waals surface area contributed by atoms with Gasteiger partial charge in [-0.25, -0.2) is 4.98 Å². The topological polar surface area (TPSA) is 62.3 Å². The van der Waals surface area contributed by atoms with E-state index in [1.807, 2.05) is 38.1 Å². The summed E-state index contributed by atoms with van der Waals surface area (Å²) in [7, 11) is 0. The number of carbonyl (C=O) groups is 2. The van der Waals surface area contributed by atoms with Crippen molar-refractivity contribution < 1.29 is 9.59 Å². The number of aromatic nitrogens is 1. The van der Waals surface area contributed by atoms with Crippen LogP contribution in [0.1, 0.15) is 26.7 Å². The van der Waals surface area contributed by atoms with Crippen molar-refractivity contribution in [1.29, 1.82) is 0 Å². The average Bonchev–Trinajstić information content (AvgIpc) is 3.12. The quantitative estimate of drug-likeness (QED) is 0.947. The molecule has 1 unspecified atom stereocenters. The summed E-state index contributed by atoms with van der Waals surface area (Å²) in [5, 5.41) is 3.46.